The lowest BCUT2D eigenvalue weighted by Crippen LogP contribution is -1.95. The number of allylic oxidation sites excluding steroid dienone is 2. The number of thioether (sulfide) groups is 1. The van der Waals surface area contributed by atoms with Crippen molar-refractivity contribution in [3.63, 3.8) is 0 Å². The maximum Gasteiger partial charge on any atom is 0.175 e. The second-order valence-corrected chi connectivity index (χ2v) is 7.14. The van der Waals surface area contributed by atoms with Gasteiger partial charge in [0.25, 0.3) is 0 Å². The van der Waals surface area contributed by atoms with E-state index in [4.69, 9.17) is 0 Å². The highest BCUT2D eigenvalue weighted by molar-refractivity contribution is 8.03. The predicted octanol–water partition coefficient (Wildman–Crippen LogP) is 2.43. The molecule has 1 aromatic carbocycles. The standard InChI is InChI=1S/C12H12O3S2/c1-17(14,15)12-6-4-10(5-7-12)16-11-3-2-9(13)8-11/h4-8H,2-3H2,1H3. The first-order chi connectivity index (χ1) is 7.95. The van der Waals surface area contributed by atoms with Crippen LogP contribution in [0.2, 0.25) is 0 Å². The van der Waals surface area contributed by atoms with E-state index in [-0.39, 0.29) is 5.78 Å². The molecular weight excluding hydrogens is 256 g/mol. The number of ketones is 1. The molecule has 0 saturated carbocycles. The highest BCUT2D eigenvalue weighted by Gasteiger charge is 2.13. The lowest BCUT2D eigenvalue weighted by Gasteiger charge is -2.03. The smallest absolute Gasteiger partial charge is 0.175 e. The minimum atomic E-state index is -3.13. The van der Waals surface area contributed by atoms with Crippen LogP contribution < -0.4 is 0 Å². The highest BCUT2D eigenvalue weighted by Crippen LogP contribution is 2.33. The normalized spacial score (nSPS) is 16.1. The first-order valence-electron chi connectivity index (χ1n) is 5.16. The van der Waals surface area contributed by atoms with Crippen LogP contribution in [0, 0.1) is 0 Å². The summed E-state index contributed by atoms with van der Waals surface area (Å²) in [5.41, 5.74) is 0. The van der Waals surface area contributed by atoms with E-state index >= 15 is 0 Å². The molecule has 5 heteroatoms. The van der Waals surface area contributed by atoms with Crippen molar-refractivity contribution in [1.82, 2.24) is 0 Å². The molecule has 0 spiro atoms. The zero-order valence-corrected chi connectivity index (χ0v) is 11.0. The number of carbonyl (C=O) groups excluding carboxylic acids is 1. The highest BCUT2D eigenvalue weighted by atomic mass is 32.2. The summed E-state index contributed by atoms with van der Waals surface area (Å²) < 4.78 is 22.5. The molecule has 2 rings (SSSR count). The van der Waals surface area contributed by atoms with Gasteiger partial charge in [-0.15, -0.1) is 0 Å². The maximum atomic E-state index is 11.3. The van der Waals surface area contributed by atoms with Gasteiger partial charge in [-0.2, -0.15) is 0 Å². The van der Waals surface area contributed by atoms with Gasteiger partial charge in [0.1, 0.15) is 0 Å². The molecule has 0 atom stereocenters. The Balaban J connectivity index is 2.14. The number of benzene rings is 1. The molecule has 1 aromatic rings. The van der Waals surface area contributed by atoms with Crippen LogP contribution in [0.3, 0.4) is 0 Å². The fraction of sp³-hybridized carbons (Fsp3) is 0.250. The van der Waals surface area contributed by atoms with Crippen LogP contribution in [0.15, 0.2) is 45.0 Å². The third kappa shape index (κ3) is 3.20. The van der Waals surface area contributed by atoms with E-state index in [0.29, 0.717) is 11.3 Å². The van der Waals surface area contributed by atoms with E-state index in [0.717, 1.165) is 16.2 Å². The fourth-order valence-corrected chi connectivity index (χ4v) is 3.16. The fourth-order valence-electron chi connectivity index (χ4n) is 1.56. The molecule has 0 N–H and O–H groups in total. The van der Waals surface area contributed by atoms with Crippen LogP contribution in [0.4, 0.5) is 0 Å². The van der Waals surface area contributed by atoms with Gasteiger partial charge in [0.2, 0.25) is 0 Å². The zero-order chi connectivity index (χ0) is 12.5. The predicted molar refractivity (Wildman–Crippen MR) is 67.7 cm³/mol. The first-order valence-corrected chi connectivity index (χ1v) is 7.87. The lowest BCUT2D eigenvalue weighted by molar-refractivity contribution is -0.114. The van der Waals surface area contributed by atoms with Crippen LogP contribution in [0.25, 0.3) is 0 Å². The Labute approximate surface area is 105 Å². The van der Waals surface area contributed by atoms with Crippen molar-refractivity contribution in [2.24, 2.45) is 0 Å². The molecule has 0 aliphatic heterocycles. The van der Waals surface area contributed by atoms with Crippen molar-refractivity contribution in [3.8, 4) is 0 Å². The van der Waals surface area contributed by atoms with Crippen LogP contribution in [0.5, 0.6) is 0 Å². The summed E-state index contributed by atoms with van der Waals surface area (Å²) in [7, 11) is -3.13. The number of hydrogen-bond donors (Lipinski definition) is 0. The molecule has 0 fully saturated rings. The molecule has 90 valence electrons. The van der Waals surface area contributed by atoms with Gasteiger partial charge < -0.3 is 0 Å². The molecular formula is C12H12O3S2. The van der Waals surface area contributed by atoms with E-state index < -0.39 is 9.84 Å². The Morgan fingerprint density at radius 2 is 1.76 bits per heavy atom. The third-order valence-corrected chi connectivity index (χ3v) is 4.66. The molecule has 17 heavy (non-hydrogen) atoms. The number of hydrogen-bond acceptors (Lipinski definition) is 4. The van der Waals surface area contributed by atoms with Crippen molar-refractivity contribution in [3.05, 3.63) is 35.2 Å². The summed E-state index contributed by atoms with van der Waals surface area (Å²) >= 11 is 1.52. The number of rotatable bonds is 3. The molecule has 0 radical (unpaired) electrons. The summed E-state index contributed by atoms with van der Waals surface area (Å²) in [5.74, 6) is 0.167. The average molecular weight is 268 g/mol. The second-order valence-electron chi connectivity index (χ2n) is 3.92. The monoisotopic (exact) mass is 268 g/mol. The second kappa shape index (κ2) is 4.66. The average Bonchev–Trinajstić information content (AvgIpc) is 2.63. The van der Waals surface area contributed by atoms with Crippen molar-refractivity contribution >= 4 is 27.4 Å². The summed E-state index contributed by atoms with van der Waals surface area (Å²) in [5, 5.41) is 0. The Kier molecular flexibility index (Phi) is 3.40. The van der Waals surface area contributed by atoms with Gasteiger partial charge in [0, 0.05) is 17.6 Å². The maximum absolute atomic E-state index is 11.3. The lowest BCUT2D eigenvalue weighted by atomic mass is 10.3. The van der Waals surface area contributed by atoms with Crippen LogP contribution in [-0.2, 0) is 14.6 Å². The van der Waals surface area contributed by atoms with E-state index in [1.54, 1.807) is 30.3 Å². The van der Waals surface area contributed by atoms with Crippen molar-refractivity contribution in [1.29, 1.82) is 0 Å². The van der Waals surface area contributed by atoms with Crippen molar-refractivity contribution in [2.75, 3.05) is 6.26 Å². The van der Waals surface area contributed by atoms with Crippen LogP contribution >= 0.6 is 11.8 Å². The zero-order valence-electron chi connectivity index (χ0n) is 9.34. The minimum Gasteiger partial charge on any atom is -0.295 e. The molecule has 1 aliphatic carbocycles. The van der Waals surface area contributed by atoms with Gasteiger partial charge in [-0.05, 0) is 41.7 Å². The van der Waals surface area contributed by atoms with Crippen LogP contribution in [0.1, 0.15) is 12.8 Å². The van der Waals surface area contributed by atoms with E-state index in [1.807, 2.05) is 0 Å². The van der Waals surface area contributed by atoms with Crippen molar-refractivity contribution < 1.29 is 13.2 Å². The molecule has 0 aromatic heterocycles. The Morgan fingerprint density at radius 3 is 2.24 bits per heavy atom. The molecule has 0 saturated heterocycles. The van der Waals surface area contributed by atoms with Crippen LogP contribution in [-0.4, -0.2) is 20.5 Å². The summed E-state index contributed by atoms with van der Waals surface area (Å²) in [6.45, 7) is 0. The first kappa shape index (κ1) is 12.4. The number of sulfone groups is 1. The molecule has 0 unspecified atom stereocenters. The topological polar surface area (TPSA) is 51.2 Å². The summed E-state index contributed by atoms with van der Waals surface area (Å²) in [6, 6.07) is 6.72. The quantitative estimate of drug-likeness (QED) is 0.845. The Hall–Kier alpha value is -1.07. The Bertz CT molecular complexity index is 568. The molecule has 1 aliphatic rings. The minimum absolute atomic E-state index is 0.167. The van der Waals surface area contributed by atoms with Gasteiger partial charge in [-0.1, -0.05) is 11.8 Å². The van der Waals surface area contributed by atoms with E-state index in [1.165, 1.54) is 18.0 Å². The number of carbonyl (C=O) groups is 1. The van der Waals surface area contributed by atoms with E-state index in [9.17, 15) is 13.2 Å². The van der Waals surface area contributed by atoms with Gasteiger partial charge in [0.15, 0.2) is 15.6 Å². The van der Waals surface area contributed by atoms with Gasteiger partial charge in [-0.3, -0.25) is 4.79 Å². The molecule has 3 nitrogen and oxygen atoms in total. The Morgan fingerprint density at radius 1 is 1.12 bits per heavy atom. The third-order valence-electron chi connectivity index (χ3n) is 2.44. The summed E-state index contributed by atoms with van der Waals surface area (Å²) in [6.07, 6.45) is 4.23. The molecule has 0 bridgehead atoms. The van der Waals surface area contributed by atoms with Gasteiger partial charge in [0.05, 0.1) is 4.90 Å². The van der Waals surface area contributed by atoms with Gasteiger partial charge in [-0.25, -0.2) is 8.42 Å². The molecule has 0 amide bonds. The largest absolute Gasteiger partial charge is 0.295 e. The summed E-state index contributed by atoms with van der Waals surface area (Å²) in [4.78, 5) is 13.4. The SMILES string of the molecule is CS(=O)(=O)c1ccc(SC2=CC(=O)CC2)cc1. The molecule has 0 heterocycles. The van der Waals surface area contributed by atoms with Crippen molar-refractivity contribution in [2.45, 2.75) is 22.6 Å². The van der Waals surface area contributed by atoms with Gasteiger partial charge >= 0.3 is 0 Å². The van der Waals surface area contributed by atoms with E-state index in [2.05, 4.69) is 0 Å².